The number of hydrogen-bond donors (Lipinski definition) is 1. The van der Waals surface area contributed by atoms with Crippen LogP contribution in [-0.4, -0.2) is 11.4 Å². The Bertz CT molecular complexity index is 225. The summed E-state index contributed by atoms with van der Waals surface area (Å²) >= 11 is 0. The Balaban J connectivity index is 2.41. The molecule has 0 aromatic heterocycles. The quantitative estimate of drug-likeness (QED) is 0.670. The van der Waals surface area contributed by atoms with Gasteiger partial charge in [-0.15, -0.1) is 0 Å². The molecule has 0 bridgehead atoms. The van der Waals surface area contributed by atoms with Crippen LogP contribution in [0.5, 0.6) is 0 Å². The van der Waals surface area contributed by atoms with E-state index in [1.807, 2.05) is 13.0 Å². The van der Waals surface area contributed by atoms with Crippen LogP contribution >= 0.6 is 0 Å². The Morgan fingerprint density at radius 1 is 1.67 bits per heavy atom. The maximum atomic E-state index is 11.2. The monoisotopic (exact) mass is 166 g/mol. The number of carbonyl (C=O) groups is 1. The average Bonchev–Trinajstić information content (AvgIpc) is 2.00. The topological polar surface area (TPSA) is 52.9 Å². The van der Waals surface area contributed by atoms with Crippen molar-refractivity contribution in [3.8, 4) is 6.07 Å². The third kappa shape index (κ3) is 1.76. The second-order valence-electron chi connectivity index (χ2n) is 3.75. The van der Waals surface area contributed by atoms with Crippen molar-refractivity contribution >= 4 is 5.91 Å². The third-order valence-corrected chi connectivity index (χ3v) is 2.47. The summed E-state index contributed by atoms with van der Waals surface area (Å²) in [4.78, 5) is 11.2. The molecule has 0 aromatic rings. The molecule has 66 valence electrons. The van der Waals surface area contributed by atoms with Gasteiger partial charge < -0.3 is 5.32 Å². The van der Waals surface area contributed by atoms with Gasteiger partial charge in [0.2, 0.25) is 5.91 Å². The molecule has 1 aliphatic rings. The molecule has 1 unspecified atom stereocenters. The Morgan fingerprint density at radius 3 is 2.58 bits per heavy atom. The first-order valence-corrected chi connectivity index (χ1v) is 4.29. The zero-order valence-electron chi connectivity index (χ0n) is 7.55. The first kappa shape index (κ1) is 9.05. The molecule has 0 radical (unpaired) electrons. The van der Waals surface area contributed by atoms with Gasteiger partial charge >= 0.3 is 0 Å². The van der Waals surface area contributed by atoms with Crippen LogP contribution in [0, 0.1) is 17.2 Å². The van der Waals surface area contributed by atoms with Crippen molar-refractivity contribution in [2.24, 2.45) is 5.92 Å². The molecule has 0 spiro atoms. The van der Waals surface area contributed by atoms with Crippen LogP contribution in [0.2, 0.25) is 0 Å². The molecule has 0 aromatic carbocycles. The number of amides is 1. The molecule has 1 saturated carbocycles. The summed E-state index contributed by atoms with van der Waals surface area (Å²) in [5.74, 6) is -0.665. The Labute approximate surface area is 72.8 Å². The first-order valence-electron chi connectivity index (χ1n) is 4.29. The number of rotatable bonds is 2. The molecule has 1 fully saturated rings. The van der Waals surface area contributed by atoms with Crippen LogP contribution in [0.15, 0.2) is 0 Å². The fourth-order valence-corrected chi connectivity index (χ4v) is 1.30. The van der Waals surface area contributed by atoms with Crippen LogP contribution in [-0.2, 0) is 4.79 Å². The molecular weight excluding hydrogens is 152 g/mol. The lowest BCUT2D eigenvalue weighted by Crippen LogP contribution is -2.52. The van der Waals surface area contributed by atoms with Crippen LogP contribution in [0.1, 0.15) is 33.1 Å². The fraction of sp³-hybridized carbons (Fsp3) is 0.778. The van der Waals surface area contributed by atoms with Crippen molar-refractivity contribution in [2.75, 3.05) is 0 Å². The van der Waals surface area contributed by atoms with Gasteiger partial charge in [0.05, 0.1) is 6.07 Å². The van der Waals surface area contributed by atoms with Crippen LogP contribution in [0.4, 0.5) is 0 Å². The lowest BCUT2D eigenvalue weighted by Gasteiger charge is -2.39. The molecule has 1 atom stereocenters. The zero-order chi connectivity index (χ0) is 9.19. The molecule has 0 aliphatic heterocycles. The fourth-order valence-electron chi connectivity index (χ4n) is 1.30. The highest BCUT2D eigenvalue weighted by atomic mass is 16.2. The second-order valence-corrected chi connectivity index (χ2v) is 3.75. The largest absolute Gasteiger partial charge is 0.350 e. The summed E-state index contributed by atoms with van der Waals surface area (Å²) in [5, 5.41) is 11.4. The molecule has 3 nitrogen and oxygen atoms in total. The van der Waals surface area contributed by atoms with E-state index in [9.17, 15) is 4.79 Å². The maximum Gasteiger partial charge on any atom is 0.237 e. The number of nitriles is 1. The van der Waals surface area contributed by atoms with Gasteiger partial charge in [-0.3, -0.25) is 4.79 Å². The van der Waals surface area contributed by atoms with E-state index in [0.29, 0.717) is 0 Å². The molecular formula is C9H14N2O. The number of nitrogens with one attached hydrogen (secondary N) is 1. The summed E-state index contributed by atoms with van der Waals surface area (Å²) in [6.45, 7) is 3.65. The van der Waals surface area contributed by atoms with E-state index >= 15 is 0 Å². The predicted octanol–water partition coefficient (Wildman–Crippen LogP) is 1.20. The number of nitrogens with zero attached hydrogens (tertiary/aromatic N) is 1. The lowest BCUT2D eigenvalue weighted by atomic mass is 9.78. The molecule has 0 heterocycles. The van der Waals surface area contributed by atoms with Crippen molar-refractivity contribution in [1.29, 1.82) is 5.26 Å². The minimum absolute atomic E-state index is 0.0256. The number of carbonyl (C=O) groups excluding carboxylic acids is 1. The van der Waals surface area contributed by atoms with E-state index < -0.39 is 5.92 Å². The van der Waals surface area contributed by atoms with E-state index in [2.05, 4.69) is 5.32 Å². The summed E-state index contributed by atoms with van der Waals surface area (Å²) in [6.07, 6.45) is 3.26. The first-order chi connectivity index (χ1) is 5.57. The Kier molecular flexibility index (Phi) is 2.37. The highest BCUT2D eigenvalue weighted by Crippen LogP contribution is 2.31. The van der Waals surface area contributed by atoms with Gasteiger partial charge in [-0.1, -0.05) is 0 Å². The smallest absolute Gasteiger partial charge is 0.237 e. The summed E-state index contributed by atoms with van der Waals surface area (Å²) < 4.78 is 0. The average molecular weight is 166 g/mol. The predicted molar refractivity (Wildman–Crippen MR) is 45.2 cm³/mol. The van der Waals surface area contributed by atoms with E-state index in [1.54, 1.807) is 6.92 Å². The normalized spacial score (nSPS) is 21.8. The molecule has 1 N–H and O–H groups in total. The highest BCUT2D eigenvalue weighted by Gasteiger charge is 2.34. The molecule has 1 amide bonds. The summed E-state index contributed by atoms with van der Waals surface area (Å²) in [6, 6.07) is 1.92. The summed E-state index contributed by atoms with van der Waals surface area (Å²) in [5.41, 5.74) is -0.0256. The van der Waals surface area contributed by atoms with E-state index in [4.69, 9.17) is 5.26 Å². The SMILES string of the molecule is CC(C#N)C(=O)NC1(C)CCC1. The minimum atomic E-state index is -0.526. The third-order valence-electron chi connectivity index (χ3n) is 2.47. The molecule has 3 heteroatoms. The molecule has 0 saturated heterocycles. The van der Waals surface area contributed by atoms with Gasteiger partial charge in [0.25, 0.3) is 0 Å². The maximum absolute atomic E-state index is 11.2. The Morgan fingerprint density at radius 2 is 2.25 bits per heavy atom. The molecule has 1 aliphatic carbocycles. The minimum Gasteiger partial charge on any atom is -0.350 e. The van der Waals surface area contributed by atoms with Crippen LogP contribution < -0.4 is 5.32 Å². The van der Waals surface area contributed by atoms with Crippen molar-refractivity contribution < 1.29 is 4.79 Å². The summed E-state index contributed by atoms with van der Waals surface area (Å²) in [7, 11) is 0. The van der Waals surface area contributed by atoms with Crippen molar-refractivity contribution in [1.82, 2.24) is 5.32 Å². The second kappa shape index (κ2) is 3.14. The zero-order valence-corrected chi connectivity index (χ0v) is 7.55. The van der Waals surface area contributed by atoms with Gasteiger partial charge in [0.1, 0.15) is 5.92 Å². The van der Waals surface area contributed by atoms with Crippen LogP contribution in [0.25, 0.3) is 0 Å². The van der Waals surface area contributed by atoms with Gasteiger partial charge in [-0.05, 0) is 33.1 Å². The number of hydrogen-bond acceptors (Lipinski definition) is 2. The van der Waals surface area contributed by atoms with E-state index in [1.165, 1.54) is 6.42 Å². The standard InChI is InChI=1S/C9H14N2O/c1-7(6-10)8(12)11-9(2)4-3-5-9/h7H,3-5H2,1-2H3,(H,11,12). The van der Waals surface area contributed by atoms with Gasteiger partial charge in [0.15, 0.2) is 0 Å². The molecule has 12 heavy (non-hydrogen) atoms. The van der Waals surface area contributed by atoms with E-state index in [0.717, 1.165) is 12.8 Å². The van der Waals surface area contributed by atoms with Gasteiger partial charge in [-0.2, -0.15) is 5.26 Å². The van der Waals surface area contributed by atoms with Crippen molar-refractivity contribution in [2.45, 2.75) is 38.6 Å². The van der Waals surface area contributed by atoms with Gasteiger partial charge in [-0.25, -0.2) is 0 Å². The highest BCUT2D eigenvalue weighted by molar-refractivity contribution is 5.81. The van der Waals surface area contributed by atoms with E-state index in [-0.39, 0.29) is 11.4 Å². The van der Waals surface area contributed by atoms with Gasteiger partial charge in [0, 0.05) is 5.54 Å². The Hall–Kier alpha value is -1.04. The van der Waals surface area contributed by atoms with Crippen molar-refractivity contribution in [3.05, 3.63) is 0 Å². The molecule has 1 rings (SSSR count). The lowest BCUT2D eigenvalue weighted by molar-refractivity contribution is -0.125. The van der Waals surface area contributed by atoms with Crippen molar-refractivity contribution in [3.63, 3.8) is 0 Å². The van der Waals surface area contributed by atoms with Crippen LogP contribution in [0.3, 0.4) is 0 Å².